The fourth-order valence-electron chi connectivity index (χ4n) is 1.08. The van der Waals surface area contributed by atoms with Crippen LogP contribution in [0.5, 0.6) is 0 Å². The molecule has 0 saturated heterocycles. The first-order valence-corrected chi connectivity index (χ1v) is 7.27. The number of rotatable bonds is 3. The highest BCUT2D eigenvalue weighted by Crippen LogP contribution is 2.34. The maximum Gasteiger partial charge on any atom is 0.285 e. The summed E-state index contributed by atoms with van der Waals surface area (Å²) in [5.74, 6) is 0.649. The molecule has 2 heterocycles. The summed E-state index contributed by atoms with van der Waals surface area (Å²) in [6, 6.07) is 3.95. The summed E-state index contributed by atoms with van der Waals surface area (Å²) in [5.41, 5.74) is 0. The maximum atomic E-state index is 11.6. The van der Waals surface area contributed by atoms with Crippen molar-refractivity contribution in [1.29, 1.82) is 0 Å². The molecule has 1 aromatic rings. The Kier molecular flexibility index (Phi) is 4.04. The molecule has 1 amide bonds. The van der Waals surface area contributed by atoms with Crippen molar-refractivity contribution in [3.05, 3.63) is 40.0 Å². The first-order valence-electron chi connectivity index (χ1n) is 4.59. The smallest absolute Gasteiger partial charge is 0.266 e. The molecule has 0 aromatic carbocycles. The highest BCUT2D eigenvalue weighted by atomic mass is 32.2. The number of thioether (sulfide) groups is 2. The lowest BCUT2D eigenvalue weighted by Gasteiger charge is -1.93. The molecule has 0 atom stereocenters. The molecule has 0 N–H and O–H groups in total. The van der Waals surface area contributed by atoms with Crippen molar-refractivity contribution < 1.29 is 4.79 Å². The van der Waals surface area contributed by atoms with Gasteiger partial charge in [0.1, 0.15) is 4.38 Å². The van der Waals surface area contributed by atoms with Crippen molar-refractivity contribution in [3.63, 3.8) is 0 Å². The lowest BCUT2D eigenvalue weighted by atomic mass is 10.4. The maximum absolute atomic E-state index is 11.6. The molecule has 0 radical (unpaired) electrons. The number of thiophene rings is 1. The minimum absolute atomic E-state index is 0.134. The molecule has 2 rings (SSSR count). The van der Waals surface area contributed by atoms with E-state index in [0.29, 0.717) is 4.91 Å². The van der Waals surface area contributed by atoms with Crippen LogP contribution in [0.4, 0.5) is 0 Å². The number of carbonyl (C=O) groups excluding carboxylic acids is 1. The third-order valence-electron chi connectivity index (χ3n) is 1.74. The van der Waals surface area contributed by atoms with Crippen LogP contribution < -0.4 is 0 Å². The van der Waals surface area contributed by atoms with E-state index in [1.54, 1.807) is 29.2 Å². The van der Waals surface area contributed by atoms with Crippen LogP contribution in [0.3, 0.4) is 0 Å². The Morgan fingerprint density at radius 3 is 3.12 bits per heavy atom. The zero-order valence-electron chi connectivity index (χ0n) is 8.38. The summed E-state index contributed by atoms with van der Waals surface area (Å²) < 4.78 is 0.813. The van der Waals surface area contributed by atoms with Gasteiger partial charge in [-0.25, -0.2) is 0 Å². The van der Waals surface area contributed by atoms with E-state index in [-0.39, 0.29) is 5.91 Å². The minimum atomic E-state index is -0.134. The van der Waals surface area contributed by atoms with Crippen LogP contribution in [0.2, 0.25) is 0 Å². The van der Waals surface area contributed by atoms with Crippen LogP contribution in [-0.2, 0) is 4.79 Å². The van der Waals surface area contributed by atoms with Gasteiger partial charge in [-0.1, -0.05) is 35.7 Å². The highest BCUT2D eigenvalue weighted by Gasteiger charge is 2.21. The monoisotopic (exact) mass is 267 g/mol. The van der Waals surface area contributed by atoms with Crippen LogP contribution in [0.25, 0.3) is 6.08 Å². The van der Waals surface area contributed by atoms with E-state index in [0.717, 1.165) is 15.0 Å². The zero-order chi connectivity index (χ0) is 11.4. The van der Waals surface area contributed by atoms with Gasteiger partial charge in [-0.2, -0.15) is 4.99 Å². The first-order chi connectivity index (χ1) is 7.79. The van der Waals surface area contributed by atoms with E-state index in [2.05, 4.69) is 11.6 Å². The van der Waals surface area contributed by atoms with Crippen LogP contribution in [0, 0.1) is 0 Å². The zero-order valence-corrected chi connectivity index (χ0v) is 10.8. The Hall–Kier alpha value is -0.780. The molecule has 0 unspecified atom stereocenters. The van der Waals surface area contributed by atoms with E-state index < -0.39 is 0 Å². The van der Waals surface area contributed by atoms with Crippen LogP contribution in [-0.4, -0.2) is 16.0 Å². The van der Waals surface area contributed by atoms with Crippen molar-refractivity contribution >= 4 is 51.2 Å². The number of amides is 1. The molecule has 1 aliphatic rings. The topological polar surface area (TPSA) is 29.4 Å². The fourth-order valence-corrected chi connectivity index (χ4v) is 3.57. The van der Waals surface area contributed by atoms with Crippen LogP contribution in [0.15, 0.2) is 40.1 Å². The van der Waals surface area contributed by atoms with Crippen molar-refractivity contribution in [2.24, 2.45) is 4.99 Å². The first kappa shape index (κ1) is 11.7. The molecule has 0 spiro atoms. The van der Waals surface area contributed by atoms with Gasteiger partial charge in [-0.05, 0) is 17.5 Å². The number of hydrogen-bond donors (Lipinski definition) is 0. The molecular formula is C11H9NOS3. The quantitative estimate of drug-likeness (QED) is 0.618. The summed E-state index contributed by atoms with van der Waals surface area (Å²) in [7, 11) is 0. The van der Waals surface area contributed by atoms with E-state index >= 15 is 0 Å². The second-order valence-corrected chi connectivity index (χ2v) is 6.19. The van der Waals surface area contributed by atoms with Crippen molar-refractivity contribution in [3.8, 4) is 0 Å². The van der Waals surface area contributed by atoms with Gasteiger partial charge in [-0.3, -0.25) is 4.79 Å². The molecule has 0 saturated carbocycles. The van der Waals surface area contributed by atoms with Gasteiger partial charge >= 0.3 is 0 Å². The highest BCUT2D eigenvalue weighted by molar-refractivity contribution is 8.41. The minimum Gasteiger partial charge on any atom is -0.266 e. The predicted molar refractivity (Wildman–Crippen MR) is 75.0 cm³/mol. The average molecular weight is 267 g/mol. The van der Waals surface area contributed by atoms with Gasteiger partial charge in [0.2, 0.25) is 0 Å². The second kappa shape index (κ2) is 5.52. The molecule has 1 aliphatic heterocycles. The second-order valence-electron chi connectivity index (χ2n) is 2.91. The average Bonchev–Trinajstić information content (AvgIpc) is 2.87. The number of aliphatic imine (C=N–C) groups is 1. The summed E-state index contributed by atoms with van der Waals surface area (Å²) in [6.07, 6.45) is 3.70. The Bertz CT molecular complexity index is 460. The predicted octanol–water partition coefficient (Wildman–Crippen LogP) is 3.64. The molecule has 0 bridgehead atoms. The third kappa shape index (κ3) is 2.87. The van der Waals surface area contributed by atoms with E-state index in [1.165, 1.54) is 11.8 Å². The Morgan fingerprint density at radius 1 is 1.56 bits per heavy atom. The number of nitrogens with zero attached hydrogens (tertiary/aromatic N) is 1. The third-order valence-corrected chi connectivity index (χ3v) is 4.68. The number of hydrogen-bond acceptors (Lipinski definition) is 4. The summed E-state index contributed by atoms with van der Waals surface area (Å²) in [5, 5.41) is 1.99. The van der Waals surface area contributed by atoms with Crippen molar-refractivity contribution in [2.75, 3.05) is 5.75 Å². The lowest BCUT2D eigenvalue weighted by Crippen LogP contribution is -1.86. The fraction of sp³-hybridized carbons (Fsp3) is 0.0909. The van der Waals surface area contributed by atoms with Gasteiger partial charge in [0.15, 0.2) is 0 Å². The molecule has 2 nitrogen and oxygen atoms in total. The van der Waals surface area contributed by atoms with Crippen LogP contribution >= 0.6 is 34.9 Å². The van der Waals surface area contributed by atoms with Crippen molar-refractivity contribution in [1.82, 2.24) is 0 Å². The summed E-state index contributed by atoms with van der Waals surface area (Å²) in [4.78, 5) is 17.3. The Morgan fingerprint density at radius 2 is 2.44 bits per heavy atom. The Labute approximate surface area is 107 Å². The molecule has 5 heteroatoms. The standard InChI is InChI=1S/C11H9NOS3/c1-2-5-15-11-12-10(13)9(16-11)7-8-4-3-6-14-8/h2-4,6-7H,1,5H2. The van der Waals surface area contributed by atoms with Gasteiger partial charge in [0.25, 0.3) is 5.91 Å². The molecule has 1 aromatic heterocycles. The molecular weight excluding hydrogens is 258 g/mol. The lowest BCUT2D eigenvalue weighted by molar-refractivity contribution is -0.113. The van der Waals surface area contributed by atoms with Gasteiger partial charge in [-0.15, -0.1) is 17.9 Å². The summed E-state index contributed by atoms with van der Waals surface area (Å²) >= 11 is 4.60. The van der Waals surface area contributed by atoms with E-state index in [9.17, 15) is 4.79 Å². The SMILES string of the molecule is C=CCSC1=NC(=O)C(=Cc2cccs2)S1. The number of carbonyl (C=O) groups is 1. The Balaban J connectivity index is 2.06. The summed E-state index contributed by atoms with van der Waals surface area (Å²) in [6.45, 7) is 3.64. The molecule has 0 fully saturated rings. The van der Waals surface area contributed by atoms with E-state index in [4.69, 9.17) is 0 Å². The normalized spacial score (nSPS) is 17.9. The molecule has 16 heavy (non-hydrogen) atoms. The molecule has 82 valence electrons. The van der Waals surface area contributed by atoms with Gasteiger partial charge < -0.3 is 0 Å². The largest absolute Gasteiger partial charge is 0.285 e. The van der Waals surface area contributed by atoms with Gasteiger partial charge in [0, 0.05) is 10.6 Å². The van der Waals surface area contributed by atoms with Crippen LogP contribution in [0.1, 0.15) is 4.88 Å². The van der Waals surface area contributed by atoms with Gasteiger partial charge in [0.05, 0.1) is 4.91 Å². The van der Waals surface area contributed by atoms with E-state index in [1.807, 2.05) is 23.6 Å². The van der Waals surface area contributed by atoms with Crippen molar-refractivity contribution in [2.45, 2.75) is 0 Å². The molecule has 0 aliphatic carbocycles.